The highest BCUT2D eigenvalue weighted by atomic mass is 16.3. The summed E-state index contributed by atoms with van der Waals surface area (Å²) in [6.07, 6.45) is 7.13. The van der Waals surface area contributed by atoms with Gasteiger partial charge in [-0.2, -0.15) is 0 Å². The number of carbonyl (C=O) groups is 1. The van der Waals surface area contributed by atoms with Gasteiger partial charge in [-0.15, -0.1) is 0 Å². The molecule has 2 aromatic heterocycles. The molecule has 0 aromatic carbocycles. The number of nitrogens with one attached hydrogen (secondary N) is 3. The number of guanidine groups is 1. The van der Waals surface area contributed by atoms with Crippen molar-refractivity contribution in [2.45, 2.75) is 19.5 Å². The summed E-state index contributed by atoms with van der Waals surface area (Å²) in [5, 5.41) is 13.0. The molecule has 0 bridgehead atoms. The maximum Gasteiger partial charge on any atom is 0.293 e. The largest absolute Gasteiger partial charge is 0.459 e. The van der Waals surface area contributed by atoms with Crippen LogP contribution in [-0.2, 0) is 0 Å². The molecule has 1 amide bonds. The highest BCUT2D eigenvalue weighted by Crippen LogP contribution is 2.06. The minimum absolute atomic E-state index is 0.0815. The van der Waals surface area contributed by atoms with Crippen LogP contribution in [0.3, 0.4) is 0 Å². The van der Waals surface area contributed by atoms with Crippen LogP contribution in [0.5, 0.6) is 0 Å². The summed E-state index contributed by atoms with van der Waals surface area (Å²) in [6, 6.07) is 3.15. The maximum absolute atomic E-state index is 11.7. The van der Waals surface area contributed by atoms with E-state index in [9.17, 15) is 4.79 Å². The number of imidazole rings is 1. The molecule has 0 aliphatic carbocycles. The predicted octanol–water partition coefficient (Wildman–Crippen LogP) is 1.34. The van der Waals surface area contributed by atoms with Gasteiger partial charge in [-0.1, -0.05) is 6.92 Å². The van der Waals surface area contributed by atoms with Gasteiger partial charge in [0.05, 0.1) is 12.6 Å². The molecule has 2 rings (SSSR count). The van der Waals surface area contributed by atoms with Crippen molar-refractivity contribution in [3.05, 3.63) is 42.9 Å². The van der Waals surface area contributed by atoms with Crippen LogP contribution in [0.1, 0.15) is 30.1 Å². The Morgan fingerprint density at radius 1 is 1.63 bits per heavy atom. The van der Waals surface area contributed by atoms with Gasteiger partial charge in [0.25, 0.3) is 5.91 Å². The Labute approximate surface area is 110 Å². The van der Waals surface area contributed by atoms with Crippen LogP contribution in [0.15, 0.2) is 41.5 Å². The van der Waals surface area contributed by atoms with Crippen LogP contribution < -0.4 is 10.6 Å². The van der Waals surface area contributed by atoms with Crippen molar-refractivity contribution < 1.29 is 9.21 Å². The molecule has 0 saturated carbocycles. The van der Waals surface area contributed by atoms with Crippen molar-refractivity contribution >= 4 is 11.9 Å². The molecule has 0 aliphatic rings. The second kappa shape index (κ2) is 5.85. The van der Waals surface area contributed by atoms with Gasteiger partial charge in [-0.3, -0.25) is 15.5 Å². The summed E-state index contributed by atoms with van der Waals surface area (Å²) < 4.78 is 6.77. The number of amides is 1. The maximum atomic E-state index is 11.7. The van der Waals surface area contributed by atoms with E-state index in [2.05, 4.69) is 15.6 Å². The Balaban J connectivity index is 1.92. The molecule has 2 heterocycles. The fraction of sp³-hybridized carbons (Fsp3) is 0.250. The summed E-state index contributed by atoms with van der Waals surface area (Å²) in [4.78, 5) is 15.6. The molecule has 2 aromatic rings. The lowest BCUT2D eigenvalue weighted by Crippen LogP contribution is -2.43. The Morgan fingerprint density at radius 2 is 2.47 bits per heavy atom. The fourth-order valence-corrected chi connectivity index (χ4v) is 1.63. The number of carbonyl (C=O) groups excluding carboxylic acids is 1. The van der Waals surface area contributed by atoms with E-state index in [1.807, 2.05) is 11.5 Å². The van der Waals surface area contributed by atoms with Gasteiger partial charge in [-0.25, -0.2) is 4.98 Å². The summed E-state index contributed by atoms with van der Waals surface area (Å²) in [5.74, 6) is -0.368. The van der Waals surface area contributed by atoms with E-state index in [0.717, 1.165) is 6.42 Å². The van der Waals surface area contributed by atoms with Gasteiger partial charge >= 0.3 is 0 Å². The minimum Gasteiger partial charge on any atom is -0.459 e. The Bertz CT molecular complexity index is 532. The molecule has 0 aliphatic heterocycles. The first-order valence-electron chi connectivity index (χ1n) is 5.88. The number of aromatic nitrogens is 2. The lowest BCUT2D eigenvalue weighted by Gasteiger charge is -2.19. The lowest BCUT2D eigenvalue weighted by atomic mass is 10.3. The van der Waals surface area contributed by atoms with Crippen molar-refractivity contribution in [1.29, 1.82) is 5.41 Å². The molecule has 3 N–H and O–H groups in total. The quantitative estimate of drug-likeness (QED) is 0.571. The highest BCUT2D eigenvalue weighted by molar-refractivity contribution is 6.03. The van der Waals surface area contributed by atoms with E-state index < -0.39 is 5.91 Å². The van der Waals surface area contributed by atoms with Gasteiger partial charge in [-0.05, 0) is 18.6 Å². The summed E-state index contributed by atoms with van der Waals surface area (Å²) >= 11 is 0. The molecular formula is C12H15N5O2. The Morgan fingerprint density at radius 3 is 3.05 bits per heavy atom. The van der Waals surface area contributed by atoms with Crippen LogP contribution >= 0.6 is 0 Å². The second-order valence-corrected chi connectivity index (χ2v) is 3.88. The first kappa shape index (κ1) is 12.9. The average Bonchev–Trinajstić information content (AvgIpc) is 3.07. The zero-order valence-electron chi connectivity index (χ0n) is 10.5. The summed E-state index contributed by atoms with van der Waals surface area (Å²) in [5.41, 5.74) is 0. The fourth-order valence-electron chi connectivity index (χ4n) is 1.63. The number of hydrogen-bond acceptors (Lipinski definition) is 4. The smallest absolute Gasteiger partial charge is 0.293 e. The van der Waals surface area contributed by atoms with Crippen molar-refractivity contribution in [3.8, 4) is 0 Å². The number of rotatable bonds is 4. The topological polar surface area (TPSA) is 95.9 Å². The third-order valence-corrected chi connectivity index (χ3v) is 2.57. The normalized spacial score (nSPS) is 11.8. The minimum atomic E-state index is -0.456. The van der Waals surface area contributed by atoms with Gasteiger partial charge in [0.1, 0.15) is 6.17 Å². The summed E-state index contributed by atoms with van der Waals surface area (Å²) in [7, 11) is 0. The van der Waals surface area contributed by atoms with E-state index in [-0.39, 0.29) is 17.9 Å². The molecule has 1 atom stereocenters. The number of furan rings is 1. The van der Waals surface area contributed by atoms with Gasteiger partial charge in [0.2, 0.25) is 0 Å². The highest BCUT2D eigenvalue weighted by Gasteiger charge is 2.13. The SMILES string of the molecule is CCC(NC(=N)NC(=O)c1ccco1)n1ccnc1. The van der Waals surface area contributed by atoms with Crippen LogP contribution in [0.25, 0.3) is 0 Å². The van der Waals surface area contributed by atoms with Gasteiger partial charge < -0.3 is 14.3 Å². The predicted molar refractivity (Wildman–Crippen MR) is 68.6 cm³/mol. The third kappa shape index (κ3) is 3.21. The van der Waals surface area contributed by atoms with E-state index >= 15 is 0 Å². The molecule has 0 fully saturated rings. The first-order valence-corrected chi connectivity index (χ1v) is 5.88. The molecule has 100 valence electrons. The van der Waals surface area contributed by atoms with Crippen molar-refractivity contribution in [3.63, 3.8) is 0 Å². The van der Waals surface area contributed by atoms with Crippen molar-refractivity contribution in [2.75, 3.05) is 0 Å². The Kier molecular flexibility index (Phi) is 3.97. The van der Waals surface area contributed by atoms with Crippen molar-refractivity contribution in [2.24, 2.45) is 0 Å². The molecule has 0 radical (unpaired) electrons. The first-order chi connectivity index (χ1) is 9.20. The van der Waals surface area contributed by atoms with Gasteiger partial charge in [0, 0.05) is 12.4 Å². The summed E-state index contributed by atoms with van der Waals surface area (Å²) in [6.45, 7) is 1.97. The van der Waals surface area contributed by atoms with Crippen LogP contribution in [0.2, 0.25) is 0 Å². The number of nitrogens with zero attached hydrogens (tertiary/aromatic N) is 2. The van der Waals surface area contributed by atoms with Crippen LogP contribution in [-0.4, -0.2) is 21.4 Å². The number of hydrogen-bond donors (Lipinski definition) is 3. The van der Waals surface area contributed by atoms with E-state index in [4.69, 9.17) is 9.83 Å². The molecular weight excluding hydrogens is 246 g/mol. The lowest BCUT2D eigenvalue weighted by molar-refractivity contribution is 0.0948. The molecule has 0 saturated heterocycles. The van der Waals surface area contributed by atoms with Gasteiger partial charge in [0.15, 0.2) is 11.7 Å². The van der Waals surface area contributed by atoms with Crippen LogP contribution in [0, 0.1) is 5.41 Å². The zero-order chi connectivity index (χ0) is 13.7. The van der Waals surface area contributed by atoms with Crippen LogP contribution in [0.4, 0.5) is 0 Å². The van der Waals surface area contributed by atoms with Crippen molar-refractivity contribution in [1.82, 2.24) is 20.2 Å². The van der Waals surface area contributed by atoms with E-state index in [1.165, 1.54) is 12.3 Å². The monoisotopic (exact) mass is 261 g/mol. The van der Waals surface area contributed by atoms with E-state index in [0.29, 0.717) is 0 Å². The molecule has 7 heteroatoms. The molecule has 1 unspecified atom stereocenters. The second-order valence-electron chi connectivity index (χ2n) is 3.88. The zero-order valence-corrected chi connectivity index (χ0v) is 10.5. The molecule has 0 spiro atoms. The standard InChI is InChI=1S/C12H15N5O2/c1-2-10(17-6-5-14-8-17)15-12(13)16-11(18)9-4-3-7-19-9/h3-8,10H,2H2,1H3,(H3,13,15,16,18). The Hall–Kier alpha value is -2.57. The van der Waals surface area contributed by atoms with E-state index in [1.54, 1.807) is 24.8 Å². The molecule has 7 nitrogen and oxygen atoms in total. The average molecular weight is 261 g/mol. The third-order valence-electron chi connectivity index (χ3n) is 2.57. The molecule has 19 heavy (non-hydrogen) atoms.